The molecule has 2 amide bonds. The van der Waals surface area contributed by atoms with E-state index in [1.807, 2.05) is 45.0 Å². The number of para-hydroxylation sites is 2. The lowest BCUT2D eigenvalue weighted by Gasteiger charge is -2.32. The molecule has 0 radical (unpaired) electrons. The van der Waals surface area contributed by atoms with Crippen LogP contribution in [-0.2, 0) is 26.2 Å². The van der Waals surface area contributed by atoms with Crippen LogP contribution in [0, 0.1) is 12.8 Å². The highest BCUT2D eigenvalue weighted by Gasteiger charge is 2.31. The van der Waals surface area contributed by atoms with Gasteiger partial charge in [-0.1, -0.05) is 55.8 Å². The first kappa shape index (κ1) is 27.2. The summed E-state index contributed by atoms with van der Waals surface area (Å²) in [5.41, 5.74) is 2.17. The summed E-state index contributed by atoms with van der Waals surface area (Å²) in [7, 11) is -2.38. The van der Waals surface area contributed by atoms with Gasteiger partial charge in [0.25, 0.3) is 0 Å². The fourth-order valence-electron chi connectivity index (χ4n) is 3.36. The number of amides is 2. The van der Waals surface area contributed by atoms with Gasteiger partial charge >= 0.3 is 0 Å². The zero-order valence-electron chi connectivity index (χ0n) is 20.7. The molecule has 0 spiro atoms. The largest absolute Gasteiger partial charge is 0.495 e. The van der Waals surface area contributed by atoms with Gasteiger partial charge in [-0.05, 0) is 37.5 Å². The van der Waals surface area contributed by atoms with Gasteiger partial charge in [-0.2, -0.15) is 0 Å². The first-order valence-corrected chi connectivity index (χ1v) is 13.0. The van der Waals surface area contributed by atoms with Gasteiger partial charge < -0.3 is 15.0 Å². The third kappa shape index (κ3) is 7.48. The van der Waals surface area contributed by atoms with Gasteiger partial charge in [-0.25, -0.2) is 8.42 Å². The number of nitrogens with one attached hydrogen (secondary N) is 1. The fraction of sp³-hybridized carbons (Fsp3) is 0.440. The summed E-state index contributed by atoms with van der Waals surface area (Å²) in [5, 5.41) is 2.86. The van der Waals surface area contributed by atoms with Crippen LogP contribution in [0.1, 0.15) is 31.9 Å². The van der Waals surface area contributed by atoms with E-state index in [-0.39, 0.29) is 24.1 Å². The molecule has 0 saturated carbocycles. The molecule has 2 rings (SSSR count). The van der Waals surface area contributed by atoms with Crippen LogP contribution in [0.4, 0.5) is 5.69 Å². The van der Waals surface area contributed by atoms with Crippen LogP contribution < -0.4 is 14.4 Å². The van der Waals surface area contributed by atoms with Crippen molar-refractivity contribution in [2.45, 2.75) is 40.3 Å². The molecule has 186 valence electrons. The van der Waals surface area contributed by atoms with Crippen molar-refractivity contribution in [2.75, 3.05) is 30.8 Å². The number of nitrogens with zero attached hydrogens (tertiary/aromatic N) is 2. The summed E-state index contributed by atoms with van der Waals surface area (Å²) < 4.78 is 31.6. The third-order valence-corrected chi connectivity index (χ3v) is 6.48. The van der Waals surface area contributed by atoms with Gasteiger partial charge in [-0.15, -0.1) is 0 Å². The Hall–Kier alpha value is -3.07. The number of hydrogen-bond donors (Lipinski definition) is 1. The van der Waals surface area contributed by atoms with Crippen LogP contribution in [0.3, 0.4) is 0 Å². The Morgan fingerprint density at radius 3 is 2.21 bits per heavy atom. The smallest absolute Gasteiger partial charge is 0.244 e. The Morgan fingerprint density at radius 2 is 1.65 bits per heavy atom. The molecular weight excluding hydrogens is 454 g/mol. The molecule has 9 heteroatoms. The van der Waals surface area contributed by atoms with E-state index in [1.165, 1.54) is 12.0 Å². The Kier molecular flexibility index (Phi) is 9.49. The Morgan fingerprint density at radius 1 is 1.03 bits per heavy atom. The molecule has 0 aromatic heterocycles. The Balaban J connectivity index is 2.39. The first-order valence-electron chi connectivity index (χ1n) is 11.2. The first-order chi connectivity index (χ1) is 15.9. The molecular formula is C25H35N3O5S. The van der Waals surface area contributed by atoms with Crippen molar-refractivity contribution in [1.29, 1.82) is 0 Å². The number of hydrogen-bond acceptors (Lipinski definition) is 5. The van der Waals surface area contributed by atoms with Crippen LogP contribution >= 0.6 is 0 Å². The quantitative estimate of drug-likeness (QED) is 0.524. The maximum absolute atomic E-state index is 13.5. The van der Waals surface area contributed by atoms with Crippen molar-refractivity contribution < 1.29 is 22.7 Å². The second-order valence-electron chi connectivity index (χ2n) is 8.76. The maximum atomic E-state index is 13.5. The van der Waals surface area contributed by atoms with E-state index in [4.69, 9.17) is 4.74 Å². The lowest BCUT2D eigenvalue weighted by molar-refractivity contribution is -0.139. The zero-order valence-corrected chi connectivity index (χ0v) is 21.6. The van der Waals surface area contributed by atoms with Crippen molar-refractivity contribution in [3.8, 4) is 5.75 Å². The Bertz CT molecular complexity index is 1080. The van der Waals surface area contributed by atoms with Gasteiger partial charge in [0, 0.05) is 13.1 Å². The normalized spacial score (nSPS) is 12.2. The number of ether oxygens (including phenoxy) is 1. The van der Waals surface area contributed by atoms with E-state index in [1.54, 1.807) is 31.2 Å². The summed E-state index contributed by atoms with van der Waals surface area (Å²) in [6.07, 6.45) is 1.04. The van der Waals surface area contributed by atoms with E-state index in [2.05, 4.69) is 5.32 Å². The molecule has 0 aliphatic heterocycles. The maximum Gasteiger partial charge on any atom is 0.244 e. The fourth-order valence-corrected chi connectivity index (χ4v) is 4.21. The van der Waals surface area contributed by atoms with E-state index >= 15 is 0 Å². The SMILES string of the molecule is COc1ccccc1N(CC(=O)N(Cc1ccc(C)cc1)[C@H](C)C(=O)NCC(C)C)S(C)(=O)=O. The van der Waals surface area contributed by atoms with E-state index < -0.39 is 28.5 Å². The lowest BCUT2D eigenvalue weighted by Crippen LogP contribution is -2.51. The van der Waals surface area contributed by atoms with Crippen LogP contribution in [0.25, 0.3) is 0 Å². The van der Waals surface area contributed by atoms with Crippen LogP contribution in [-0.4, -0.2) is 57.6 Å². The van der Waals surface area contributed by atoms with Crippen molar-refractivity contribution in [3.05, 3.63) is 59.7 Å². The van der Waals surface area contributed by atoms with E-state index in [0.717, 1.165) is 21.7 Å². The number of anilines is 1. The predicted molar refractivity (Wildman–Crippen MR) is 134 cm³/mol. The molecule has 0 aliphatic rings. The molecule has 2 aromatic carbocycles. The van der Waals surface area contributed by atoms with Gasteiger partial charge in [0.05, 0.1) is 19.1 Å². The van der Waals surface area contributed by atoms with Crippen molar-refractivity contribution in [1.82, 2.24) is 10.2 Å². The number of benzene rings is 2. The molecule has 1 atom stereocenters. The molecule has 0 saturated heterocycles. The van der Waals surface area contributed by atoms with Gasteiger partial charge in [-0.3, -0.25) is 13.9 Å². The highest BCUT2D eigenvalue weighted by atomic mass is 32.2. The minimum atomic E-state index is -3.82. The van der Waals surface area contributed by atoms with Gasteiger partial charge in [0.1, 0.15) is 18.3 Å². The number of sulfonamides is 1. The lowest BCUT2D eigenvalue weighted by atomic mass is 10.1. The minimum absolute atomic E-state index is 0.166. The van der Waals surface area contributed by atoms with Crippen molar-refractivity contribution in [2.24, 2.45) is 5.92 Å². The summed E-state index contributed by atoms with van der Waals surface area (Å²) >= 11 is 0. The molecule has 0 heterocycles. The average molecular weight is 490 g/mol. The second kappa shape index (κ2) is 11.9. The van der Waals surface area contributed by atoms with Crippen molar-refractivity contribution in [3.63, 3.8) is 0 Å². The molecule has 34 heavy (non-hydrogen) atoms. The third-order valence-electron chi connectivity index (χ3n) is 5.36. The average Bonchev–Trinajstić information content (AvgIpc) is 2.79. The number of methoxy groups -OCH3 is 1. The summed E-state index contributed by atoms with van der Waals surface area (Å²) in [6, 6.07) is 13.4. The Labute approximate surface area is 202 Å². The minimum Gasteiger partial charge on any atom is -0.495 e. The zero-order chi connectivity index (χ0) is 25.5. The topological polar surface area (TPSA) is 96.0 Å². The summed E-state index contributed by atoms with van der Waals surface area (Å²) in [6.45, 7) is 7.76. The molecule has 1 N–H and O–H groups in total. The van der Waals surface area contributed by atoms with Crippen molar-refractivity contribution >= 4 is 27.5 Å². The van der Waals surface area contributed by atoms with Gasteiger partial charge in [0.2, 0.25) is 21.8 Å². The molecule has 0 fully saturated rings. The second-order valence-corrected chi connectivity index (χ2v) is 10.7. The highest BCUT2D eigenvalue weighted by Crippen LogP contribution is 2.29. The monoisotopic (exact) mass is 489 g/mol. The number of carbonyl (C=O) groups is 2. The van der Waals surface area contributed by atoms with Crippen LogP contribution in [0.5, 0.6) is 5.75 Å². The predicted octanol–water partition coefficient (Wildman–Crippen LogP) is 2.96. The molecule has 0 unspecified atom stereocenters. The van der Waals surface area contributed by atoms with E-state index in [0.29, 0.717) is 12.3 Å². The summed E-state index contributed by atoms with van der Waals surface area (Å²) in [5.74, 6) is -0.210. The summed E-state index contributed by atoms with van der Waals surface area (Å²) in [4.78, 5) is 27.8. The number of carbonyl (C=O) groups excluding carboxylic acids is 2. The van der Waals surface area contributed by atoms with Crippen LogP contribution in [0.15, 0.2) is 48.5 Å². The molecule has 8 nitrogen and oxygen atoms in total. The molecule has 0 bridgehead atoms. The van der Waals surface area contributed by atoms with Gasteiger partial charge in [0.15, 0.2) is 0 Å². The standard InChI is InChI=1S/C25H35N3O5S/c1-18(2)15-26-25(30)20(4)27(16-21-13-11-19(3)12-14-21)24(29)17-28(34(6,31)32)22-9-7-8-10-23(22)33-5/h7-14,18,20H,15-17H2,1-6H3,(H,26,30)/t20-/m1/s1. The molecule has 0 aliphatic carbocycles. The molecule has 2 aromatic rings. The van der Waals surface area contributed by atoms with E-state index in [9.17, 15) is 18.0 Å². The van der Waals surface area contributed by atoms with Crippen LogP contribution in [0.2, 0.25) is 0 Å². The highest BCUT2D eigenvalue weighted by molar-refractivity contribution is 7.92. The number of aryl methyl sites for hydroxylation is 1. The number of rotatable bonds is 11.